The molecule has 0 fully saturated rings. The lowest BCUT2D eigenvalue weighted by Crippen LogP contribution is -2.38. The highest BCUT2D eigenvalue weighted by Crippen LogP contribution is 2.30. The van der Waals surface area contributed by atoms with Crippen molar-refractivity contribution in [3.05, 3.63) is 52.8 Å². The Hall–Kier alpha value is -1.59. The molecule has 0 amide bonds. The minimum absolute atomic E-state index is 0.0281. The molecule has 1 aromatic heterocycles. The van der Waals surface area contributed by atoms with Crippen LogP contribution in [0.5, 0.6) is 11.5 Å². The van der Waals surface area contributed by atoms with Crippen LogP contribution in [0.15, 0.2) is 47.1 Å². The second kappa shape index (κ2) is 6.24. The zero-order valence-corrected chi connectivity index (χ0v) is 12.5. The summed E-state index contributed by atoms with van der Waals surface area (Å²) in [6.45, 7) is 2.01. The van der Waals surface area contributed by atoms with Gasteiger partial charge in [0.1, 0.15) is 12.7 Å². The topological polar surface area (TPSA) is 43.4 Å². The average molecular weight is 335 g/mol. The molecule has 0 aliphatic carbocycles. The van der Waals surface area contributed by atoms with Crippen molar-refractivity contribution in [2.24, 2.45) is 0 Å². The molecule has 1 atom stereocenters. The molecule has 5 heteroatoms. The number of hydrogen-bond donors (Lipinski definition) is 1. The summed E-state index contributed by atoms with van der Waals surface area (Å²) in [6.07, 6.45) is 1.83. The van der Waals surface area contributed by atoms with Crippen LogP contribution < -0.4 is 14.8 Å². The van der Waals surface area contributed by atoms with Crippen LogP contribution in [0.4, 0.5) is 0 Å². The number of rotatable bonds is 4. The molecule has 1 unspecified atom stereocenters. The number of benzene rings is 1. The van der Waals surface area contributed by atoms with Crippen LogP contribution in [-0.4, -0.2) is 24.2 Å². The zero-order valence-electron chi connectivity index (χ0n) is 10.9. The van der Waals surface area contributed by atoms with Gasteiger partial charge >= 0.3 is 0 Å². The Morgan fingerprint density at radius 2 is 2.05 bits per heavy atom. The van der Waals surface area contributed by atoms with Gasteiger partial charge in [0.05, 0.1) is 5.69 Å². The van der Waals surface area contributed by atoms with Gasteiger partial charge in [-0.1, -0.05) is 12.1 Å². The molecule has 0 saturated heterocycles. The van der Waals surface area contributed by atoms with Crippen molar-refractivity contribution in [1.82, 2.24) is 10.3 Å². The summed E-state index contributed by atoms with van der Waals surface area (Å²) in [7, 11) is 0. The summed E-state index contributed by atoms with van der Waals surface area (Å²) in [4.78, 5) is 4.32. The van der Waals surface area contributed by atoms with Crippen molar-refractivity contribution in [2.45, 2.75) is 12.6 Å². The number of pyridine rings is 1. The molecular formula is C15H15BrN2O2. The van der Waals surface area contributed by atoms with E-state index in [1.807, 2.05) is 36.4 Å². The lowest BCUT2D eigenvalue weighted by molar-refractivity contribution is 0.0901. The third-order valence-corrected chi connectivity index (χ3v) is 3.50. The first kappa shape index (κ1) is 13.4. The van der Waals surface area contributed by atoms with Gasteiger partial charge < -0.3 is 14.8 Å². The van der Waals surface area contributed by atoms with Crippen LogP contribution in [0.3, 0.4) is 0 Å². The van der Waals surface area contributed by atoms with E-state index in [4.69, 9.17) is 9.47 Å². The van der Waals surface area contributed by atoms with E-state index in [-0.39, 0.29) is 6.10 Å². The number of hydrogen-bond acceptors (Lipinski definition) is 4. The van der Waals surface area contributed by atoms with E-state index < -0.39 is 0 Å². The van der Waals surface area contributed by atoms with Gasteiger partial charge in [0.25, 0.3) is 0 Å². The zero-order chi connectivity index (χ0) is 13.8. The van der Waals surface area contributed by atoms with Gasteiger partial charge in [-0.2, -0.15) is 0 Å². The maximum absolute atomic E-state index is 5.87. The highest BCUT2D eigenvalue weighted by Gasteiger charge is 2.19. The molecule has 0 bridgehead atoms. The molecule has 2 aromatic rings. The van der Waals surface area contributed by atoms with Gasteiger partial charge in [0.15, 0.2) is 11.5 Å². The number of fused-ring (bicyclic) bond motifs is 1. The number of para-hydroxylation sites is 2. The van der Waals surface area contributed by atoms with Crippen LogP contribution in [0.2, 0.25) is 0 Å². The molecule has 0 radical (unpaired) electrons. The molecular weight excluding hydrogens is 320 g/mol. The Labute approximate surface area is 126 Å². The highest BCUT2D eigenvalue weighted by atomic mass is 79.9. The number of ether oxygens (including phenoxy) is 2. The van der Waals surface area contributed by atoms with Crippen molar-refractivity contribution < 1.29 is 9.47 Å². The molecule has 20 heavy (non-hydrogen) atoms. The van der Waals surface area contributed by atoms with Gasteiger partial charge in [-0.3, -0.25) is 4.98 Å². The molecule has 0 spiro atoms. The van der Waals surface area contributed by atoms with Crippen LogP contribution in [0.25, 0.3) is 0 Å². The molecule has 4 nitrogen and oxygen atoms in total. The standard InChI is InChI=1S/C15H15BrN2O2/c16-11-5-6-12(18-7-11)8-17-9-13-10-19-14-3-1-2-4-15(14)20-13/h1-7,13,17H,8-10H2. The van der Waals surface area contributed by atoms with Crippen molar-refractivity contribution in [1.29, 1.82) is 0 Å². The molecule has 1 aliphatic rings. The summed E-state index contributed by atoms with van der Waals surface area (Å²) in [5.41, 5.74) is 1.00. The molecule has 104 valence electrons. The fourth-order valence-corrected chi connectivity index (χ4v) is 2.27. The Kier molecular flexibility index (Phi) is 4.18. The third-order valence-electron chi connectivity index (χ3n) is 3.03. The normalized spacial score (nSPS) is 16.9. The first-order chi connectivity index (χ1) is 9.81. The number of nitrogens with zero attached hydrogens (tertiary/aromatic N) is 1. The van der Waals surface area contributed by atoms with Crippen LogP contribution in [0.1, 0.15) is 5.69 Å². The minimum Gasteiger partial charge on any atom is -0.486 e. The Morgan fingerprint density at radius 3 is 2.85 bits per heavy atom. The SMILES string of the molecule is Brc1ccc(CNCC2COc3ccccc3O2)nc1. The predicted octanol–water partition coefficient (Wildman–Crippen LogP) is 2.77. The second-order valence-electron chi connectivity index (χ2n) is 4.60. The third kappa shape index (κ3) is 3.29. The lowest BCUT2D eigenvalue weighted by atomic mass is 10.2. The molecule has 1 N–H and O–H groups in total. The van der Waals surface area contributed by atoms with E-state index >= 15 is 0 Å². The van der Waals surface area contributed by atoms with E-state index in [9.17, 15) is 0 Å². The fraction of sp³-hybridized carbons (Fsp3) is 0.267. The lowest BCUT2D eigenvalue weighted by Gasteiger charge is -2.26. The summed E-state index contributed by atoms with van der Waals surface area (Å²) < 4.78 is 12.5. The van der Waals surface area contributed by atoms with E-state index in [2.05, 4.69) is 26.2 Å². The van der Waals surface area contributed by atoms with Crippen LogP contribution in [-0.2, 0) is 6.54 Å². The average Bonchev–Trinajstić information content (AvgIpc) is 2.49. The minimum atomic E-state index is 0.0281. The van der Waals surface area contributed by atoms with Gasteiger partial charge in [0.2, 0.25) is 0 Å². The maximum Gasteiger partial charge on any atom is 0.161 e. The van der Waals surface area contributed by atoms with E-state index in [0.717, 1.165) is 34.8 Å². The number of halogens is 1. The Balaban J connectivity index is 1.49. The van der Waals surface area contributed by atoms with Crippen molar-refractivity contribution in [3.63, 3.8) is 0 Å². The smallest absolute Gasteiger partial charge is 0.161 e. The van der Waals surface area contributed by atoms with Gasteiger partial charge in [-0.25, -0.2) is 0 Å². The number of nitrogens with one attached hydrogen (secondary N) is 1. The maximum atomic E-state index is 5.87. The summed E-state index contributed by atoms with van der Waals surface area (Å²) in [6, 6.07) is 11.7. The van der Waals surface area contributed by atoms with Crippen molar-refractivity contribution in [2.75, 3.05) is 13.2 Å². The first-order valence-electron chi connectivity index (χ1n) is 6.51. The Bertz CT molecular complexity index is 574. The van der Waals surface area contributed by atoms with Crippen molar-refractivity contribution in [3.8, 4) is 11.5 Å². The van der Waals surface area contributed by atoms with E-state index in [0.29, 0.717) is 6.61 Å². The van der Waals surface area contributed by atoms with Crippen LogP contribution in [0, 0.1) is 0 Å². The molecule has 3 rings (SSSR count). The monoisotopic (exact) mass is 334 g/mol. The van der Waals surface area contributed by atoms with Gasteiger partial charge in [-0.05, 0) is 40.2 Å². The van der Waals surface area contributed by atoms with Crippen molar-refractivity contribution >= 4 is 15.9 Å². The Morgan fingerprint density at radius 1 is 1.20 bits per heavy atom. The van der Waals surface area contributed by atoms with Gasteiger partial charge in [-0.15, -0.1) is 0 Å². The summed E-state index contributed by atoms with van der Waals surface area (Å²) in [5.74, 6) is 1.63. The fourth-order valence-electron chi connectivity index (χ4n) is 2.04. The van der Waals surface area contributed by atoms with E-state index in [1.54, 1.807) is 6.20 Å². The first-order valence-corrected chi connectivity index (χ1v) is 7.30. The predicted molar refractivity (Wildman–Crippen MR) is 80.0 cm³/mol. The largest absolute Gasteiger partial charge is 0.486 e. The second-order valence-corrected chi connectivity index (χ2v) is 5.51. The molecule has 2 heterocycles. The highest BCUT2D eigenvalue weighted by molar-refractivity contribution is 9.10. The summed E-state index contributed by atoms with van der Waals surface area (Å²) in [5, 5.41) is 3.34. The van der Waals surface area contributed by atoms with E-state index in [1.165, 1.54) is 0 Å². The number of aromatic nitrogens is 1. The molecule has 0 saturated carbocycles. The molecule has 1 aromatic carbocycles. The van der Waals surface area contributed by atoms with Gasteiger partial charge in [0, 0.05) is 23.8 Å². The quantitative estimate of drug-likeness (QED) is 0.933. The van der Waals surface area contributed by atoms with Crippen LogP contribution >= 0.6 is 15.9 Å². The summed E-state index contributed by atoms with van der Waals surface area (Å²) >= 11 is 3.37. The molecule has 1 aliphatic heterocycles.